The highest BCUT2D eigenvalue weighted by molar-refractivity contribution is 6.10. The van der Waals surface area contributed by atoms with E-state index in [9.17, 15) is 19.8 Å². The van der Waals surface area contributed by atoms with Gasteiger partial charge in [0.2, 0.25) is 0 Å². The summed E-state index contributed by atoms with van der Waals surface area (Å²) in [5, 5.41) is 29.5. The molecule has 0 radical (unpaired) electrons. The minimum atomic E-state index is -1.51. The van der Waals surface area contributed by atoms with Crippen LogP contribution in [0.25, 0.3) is 0 Å². The van der Waals surface area contributed by atoms with E-state index in [4.69, 9.17) is 14.2 Å². The zero-order chi connectivity index (χ0) is 40.3. The van der Waals surface area contributed by atoms with Gasteiger partial charge in [-0.25, -0.2) is 0 Å². The van der Waals surface area contributed by atoms with E-state index in [1.54, 1.807) is 39.4 Å². The van der Waals surface area contributed by atoms with Crippen molar-refractivity contribution in [2.75, 3.05) is 34.5 Å². The Balaban J connectivity index is 1.10. The van der Waals surface area contributed by atoms with Crippen molar-refractivity contribution in [2.45, 2.75) is 64.0 Å². The van der Waals surface area contributed by atoms with Crippen molar-refractivity contribution >= 4 is 46.2 Å². The van der Waals surface area contributed by atoms with Crippen LogP contribution in [-0.2, 0) is 44.2 Å². The zero-order valence-electron chi connectivity index (χ0n) is 32.4. The van der Waals surface area contributed by atoms with E-state index in [1.807, 2.05) is 97.9 Å². The Morgan fingerprint density at radius 3 is 2.09 bits per heavy atom. The number of fused-ring (bicyclic) bond motifs is 4. The molecule has 1 saturated heterocycles. The number of hydrogen-bond acceptors (Lipinski definition) is 10. The molecule has 0 aliphatic carbocycles. The number of aromatic nitrogens is 3. The normalized spacial score (nSPS) is 22.5. The molecule has 1 fully saturated rings. The summed E-state index contributed by atoms with van der Waals surface area (Å²) in [4.78, 5) is 46.9. The molecule has 4 aliphatic heterocycles. The van der Waals surface area contributed by atoms with Crippen molar-refractivity contribution < 1.29 is 38.8 Å². The van der Waals surface area contributed by atoms with Crippen LogP contribution in [-0.4, -0.2) is 74.5 Å². The first-order valence-corrected chi connectivity index (χ1v) is 19.5. The Hall–Kier alpha value is -6.09. The van der Waals surface area contributed by atoms with Gasteiger partial charge in [0.25, 0.3) is 17.7 Å². The molecule has 4 aliphatic rings. The van der Waals surface area contributed by atoms with Crippen LogP contribution in [0, 0.1) is 11.8 Å². The SMILES string of the molecule is C[C@@H]1[C@@H](C(C)(C)O)[C@H](CCn2cc(CCO)nn2)O[C@@]12C(=O)N(Cc1ccc(N3C(=O)COc4ccccc43)cc1)c1ccc(N3C(=O)COc4ccccc43)cc12. The topological polar surface area (TPSA) is 160 Å². The average molecular weight is 785 g/mol. The molecule has 0 unspecified atom stereocenters. The smallest absolute Gasteiger partial charge is 0.269 e. The molecule has 0 saturated carbocycles. The van der Waals surface area contributed by atoms with Crippen LogP contribution in [0.5, 0.6) is 11.5 Å². The molecule has 14 heteroatoms. The molecule has 4 atom stereocenters. The summed E-state index contributed by atoms with van der Waals surface area (Å²) in [7, 11) is 0. The lowest BCUT2D eigenvalue weighted by atomic mass is 9.70. The second kappa shape index (κ2) is 14.4. The van der Waals surface area contributed by atoms with Gasteiger partial charge in [-0.3, -0.25) is 28.9 Å². The van der Waals surface area contributed by atoms with Crippen LogP contribution in [0.2, 0.25) is 0 Å². The summed E-state index contributed by atoms with van der Waals surface area (Å²) < 4.78 is 20.2. The van der Waals surface area contributed by atoms with Gasteiger partial charge in [-0.15, -0.1) is 5.10 Å². The van der Waals surface area contributed by atoms with Gasteiger partial charge in [-0.05, 0) is 80.4 Å². The number of aliphatic hydroxyl groups is 2. The van der Waals surface area contributed by atoms with Crippen LogP contribution in [0.3, 0.4) is 0 Å². The number of aliphatic hydroxyl groups excluding tert-OH is 1. The molecule has 14 nitrogen and oxygen atoms in total. The van der Waals surface area contributed by atoms with E-state index < -0.39 is 29.1 Å². The Morgan fingerprint density at radius 1 is 0.828 bits per heavy atom. The van der Waals surface area contributed by atoms with E-state index in [0.717, 1.165) is 5.56 Å². The molecular formula is C44H44N6O8. The lowest BCUT2D eigenvalue weighted by Crippen LogP contribution is -2.46. The summed E-state index contributed by atoms with van der Waals surface area (Å²) >= 11 is 0. The van der Waals surface area contributed by atoms with Crippen molar-refractivity contribution in [1.29, 1.82) is 0 Å². The van der Waals surface area contributed by atoms with Crippen molar-refractivity contribution in [2.24, 2.45) is 11.8 Å². The molecule has 5 heterocycles. The van der Waals surface area contributed by atoms with E-state index >= 15 is 4.79 Å². The fourth-order valence-electron chi connectivity index (χ4n) is 9.27. The highest BCUT2D eigenvalue weighted by Gasteiger charge is 2.65. The lowest BCUT2D eigenvalue weighted by molar-refractivity contribution is -0.146. The number of para-hydroxylation sites is 4. The van der Waals surface area contributed by atoms with Gasteiger partial charge in [0.15, 0.2) is 18.8 Å². The van der Waals surface area contributed by atoms with Gasteiger partial charge in [-0.1, -0.05) is 48.5 Å². The lowest BCUT2D eigenvalue weighted by Gasteiger charge is -2.34. The molecule has 298 valence electrons. The Kier molecular flexibility index (Phi) is 9.29. The van der Waals surface area contributed by atoms with Crippen molar-refractivity contribution in [3.05, 3.63) is 114 Å². The first-order chi connectivity index (χ1) is 28.0. The summed E-state index contributed by atoms with van der Waals surface area (Å²) in [5.41, 5.74) is 2.46. The first kappa shape index (κ1) is 37.5. The van der Waals surface area contributed by atoms with E-state index in [0.29, 0.717) is 70.6 Å². The molecule has 9 rings (SSSR count). The third kappa shape index (κ3) is 6.19. The molecule has 3 amide bonds. The van der Waals surface area contributed by atoms with Crippen molar-refractivity contribution in [3.8, 4) is 11.5 Å². The number of aryl methyl sites for hydroxylation is 1. The van der Waals surface area contributed by atoms with Gasteiger partial charge in [0.1, 0.15) is 11.5 Å². The van der Waals surface area contributed by atoms with Gasteiger partial charge >= 0.3 is 0 Å². The number of benzene rings is 4. The minimum Gasteiger partial charge on any atom is -0.482 e. The number of ether oxygens (including phenoxy) is 3. The summed E-state index contributed by atoms with van der Waals surface area (Å²) in [5.74, 6) is -0.505. The highest BCUT2D eigenvalue weighted by atomic mass is 16.5. The number of anilines is 5. The maximum atomic E-state index is 15.3. The van der Waals surface area contributed by atoms with Gasteiger partial charge in [0.05, 0.1) is 41.0 Å². The maximum absolute atomic E-state index is 15.3. The number of carbonyl (C=O) groups excluding carboxylic acids is 3. The monoisotopic (exact) mass is 784 g/mol. The average Bonchev–Trinajstić information content (AvgIpc) is 3.86. The van der Waals surface area contributed by atoms with Gasteiger partial charge < -0.3 is 29.3 Å². The van der Waals surface area contributed by atoms with Crippen LogP contribution in [0.15, 0.2) is 97.2 Å². The highest BCUT2D eigenvalue weighted by Crippen LogP contribution is 2.59. The number of nitrogens with zero attached hydrogens (tertiary/aromatic N) is 6. The number of hydrogen-bond donors (Lipinski definition) is 2. The van der Waals surface area contributed by atoms with Crippen molar-refractivity contribution in [1.82, 2.24) is 15.0 Å². The van der Waals surface area contributed by atoms with Gasteiger partial charge in [0, 0.05) is 54.5 Å². The van der Waals surface area contributed by atoms with E-state index in [2.05, 4.69) is 10.3 Å². The summed E-state index contributed by atoms with van der Waals surface area (Å²) in [6.45, 7) is 5.80. The quantitative estimate of drug-likeness (QED) is 0.193. The van der Waals surface area contributed by atoms with Crippen LogP contribution >= 0.6 is 0 Å². The predicted octanol–water partition coefficient (Wildman–Crippen LogP) is 5.18. The predicted molar refractivity (Wildman–Crippen MR) is 213 cm³/mol. The largest absolute Gasteiger partial charge is 0.482 e. The minimum absolute atomic E-state index is 0.0426. The molecule has 58 heavy (non-hydrogen) atoms. The molecule has 2 N–H and O–H groups in total. The second-order valence-corrected chi connectivity index (χ2v) is 15.8. The molecule has 5 aromatic rings. The summed E-state index contributed by atoms with van der Waals surface area (Å²) in [6, 6.07) is 27.8. The maximum Gasteiger partial charge on any atom is 0.269 e. The molecular weight excluding hydrogens is 741 g/mol. The molecule has 1 spiro atoms. The van der Waals surface area contributed by atoms with E-state index in [1.165, 1.54) is 0 Å². The fourth-order valence-corrected chi connectivity index (χ4v) is 9.27. The fraction of sp³-hybridized carbons (Fsp3) is 0.341. The first-order valence-electron chi connectivity index (χ1n) is 19.5. The zero-order valence-corrected chi connectivity index (χ0v) is 32.4. The Morgan fingerprint density at radius 2 is 1.45 bits per heavy atom. The van der Waals surface area contributed by atoms with Gasteiger partial charge in [-0.2, -0.15) is 0 Å². The Bertz CT molecular complexity index is 2410. The molecule has 4 aromatic carbocycles. The van der Waals surface area contributed by atoms with Crippen LogP contribution < -0.4 is 24.2 Å². The Labute approximate surface area is 335 Å². The third-order valence-corrected chi connectivity index (χ3v) is 11.8. The van der Waals surface area contributed by atoms with Crippen molar-refractivity contribution in [3.63, 3.8) is 0 Å². The second-order valence-electron chi connectivity index (χ2n) is 15.8. The molecule has 0 bridgehead atoms. The number of amides is 3. The van der Waals surface area contributed by atoms with Crippen LogP contribution in [0.4, 0.5) is 28.4 Å². The summed E-state index contributed by atoms with van der Waals surface area (Å²) in [6.07, 6.45) is 2.02. The molecule has 1 aromatic heterocycles. The van der Waals surface area contributed by atoms with Crippen LogP contribution in [0.1, 0.15) is 44.0 Å². The standard InChI is InChI=1S/C44H44N6O8/c1-27-41(43(2,3)55)38(18-20-47-24-29(19-21-51)45-46-47)58-44(27)32-22-31(50-35-9-5-7-11-37(35)57-26-40(50)53)16-17-33(32)48(42(44)54)23-28-12-14-30(15-13-28)49-34-8-4-6-10-36(34)56-25-39(49)52/h4-17,22,24,27,38,41,51,55H,18-21,23,25-26H2,1-3H3/t27-,38+,41-,44+/m1/s1. The third-order valence-electron chi connectivity index (χ3n) is 11.8. The number of carbonyl (C=O) groups is 3. The number of rotatable bonds is 10. The van der Waals surface area contributed by atoms with E-state index in [-0.39, 0.29) is 44.1 Å².